The summed E-state index contributed by atoms with van der Waals surface area (Å²) in [6, 6.07) is 0. The van der Waals surface area contributed by atoms with Crippen LogP contribution < -0.4 is 0 Å². The van der Waals surface area contributed by atoms with Gasteiger partial charge < -0.3 is 0 Å². The van der Waals surface area contributed by atoms with E-state index in [1.165, 1.54) is 0 Å². The van der Waals surface area contributed by atoms with Crippen LogP contribution in [0.1, 0.15) is 39.5 Å². The second kappa shape index (κ2) is 3.65. The molecule has 0 aromatic carbocycles. The Morgan fingerprint density at radius 2 is 2.23 bits per heavy atom. The van der Waals surface area contributed by atoms with Crippen LogP contribution in [0, 0.1) is 5.92 Å². The number of rotatable bonds is 1. The highest BCUT2D eigenvalue weighted by Crippen LogP contribution is 2.41. The van der Waals surface area contributed by atoms with E-state index in [4.69, 9.17) is 0 Å². The summed E-state index contributed by atoms with van der Waals surface area (Å²) in [4.78, 5) is 0. The molecule has 1 rings (SSSR count). The Balaban J connectivity index is 2.89. The van der Waals surface area contributed by atoms with Gasteiger partial charge >= 0.3 is 0 Å². The molecule has 1 aliphatic rings. The van der Waals surface area contributed by atoms with Crippen LogP contribution in [0.3, 0.4) is 0 Å². The lowest BCUT2D eigenvalue weighted by Gasteiger charge is -2.30. The van der Waals surface area contributed by atoms with Gasteiger partial charge in [0.05, 0.1) is 0 Å². The van der Waals surface area contributed by atoms with Gasteiger partial charge in [0, 0.05) is 6.42 Å². The molecule has 0 N–H and O–H groups in total. The molecular weight excluding hydrogens is 163 g/mol. The smallest absolute Gasteiger partial charge is 0.137 e. The minimum Gasteiger partial charge on any atom is -0.238 e. The van der Waals surface area contributed by atoms with Crippen molar-refractivity contribution in [3.8, 4) is 0 Å². The van der Waals surface area contributed by atoms with Crippen LogP contribution in [0.4, 0.5) is 4.39 Å². The van der Waals surface area contributed by atoms with E-state index in [-0.39, 0.29) is 5.92 Å². The predicted molar refractivity (Wildman–Crippen MR) is 55.4 cm³/mol. The van der Waals surface area contributed by atoms with Gasteiger partial charge in [-0.2, -0.15) is 0 Å². The van der Waals surface area contributed by atoms with Crippen LogP contribution >= 0.6 is 0 Å². The topological polar surface area (TPSA) is 0 Å². The van der Waals surface area contributed by atoms with Gasteiger partial charge in [0.1, 0.15) is 5.67 Å². The highest BCUT2D eigenvalue weighted by molar-refractivity contribution is 5.19. The molecule has 0 spiro atoms. The molecule has 74 valence electrons. The zero-order chi connectivity index (χ0) is 10.1. The fourth-order valence-corrected chi connectivity index (χ4v) is 2.09. The number of halogens is 1. The monoisotopic (exact) mass is 182 g/mol. The van der Waals surface area contributed by atoms with Gasteiger partial charge in [-0.1, -0.05) is 25.7 Å². The van der Waals surface area contributed by atoms with E-state index < -0.39 is 5.67 Å². The van der Waals surface area contributed by atoms with Crippen LogP contribution in [0.2, 0.25) is 0 Å². The summed E-state index contributed by atoms with van der Waals surface area (Å²) >= 11 is 0. The molecule has 1 fully saturated rings. The van der Waals surface area contributed by atoms with Crippen LogP contribution in [0.25, 0.3) is 0 Å². The summed E-state index contributed by atoms with van der Waals surface area (Å²) < 4.78 is 14.4. The van der Waals surface area contributed by atoms with Crippen LogP contribution in [0.15, 0.2) is 24.3 Å². The Hall–Kier alpha value is -0.590. The molecular formula is C12H19F. The highest BCUT2D eigenvalue weighted by Gasteiger charge is 2.38. The quantitative estimate of drug-likeness (QED) is 0.424. The average molecular weight is 182 g/mol. The largest absolute Gasteiger partial charge is 0.238 e. The molecule has 0 saturated heterocycles. The first-order chi connectivity index (χ1) is 5.97. The molecule has 0 radical (unpaired) electrons. The van der Waals surface area contributed by atoms with Gasteiger partial charge in [-0.05, 0) is 37.7 Å². The van der Waals surface area contributed by atoms with E-state index in [0.717, 1.165) is 24.8 Å². The molecule has 0 nitrogen and oxygen atoms in total. The van der Waals surface area contributed by atoms with Crippen molar-refractivity contribution < 1.29 is 4.39 Å². The summed E-state index contributed by atoms with van der Waals surface area (Å²) in [7, 11) is 0. The SMILES string of the molecule is C=C1CCCC(C)C(F)(C(=C)C)C1. The van der Waals surface area contributed by atoms with E-state index in [1.807, 2.05) is 6.92 Å². The van der Waals surface area contributed by atoms with Crippen molar-refractivity contribution in [2.75, 3.05) is 0 Å². The van der Waals surface area contributed by atoms with Crippen molar-refractivity contribution in [1.29, 1.82) is 0 Å². The summed E-state index contributed by atoms with van der Waals surface area (Å²) in [5, 5.41) is 0. The molecule has 0 bridgehead atoms. The average Bonchev–Trinajstić information content (AvgIpc) is 2.13. The minimum absolute atomic E-state index is 0.0873. The van der Waals surface area contributed by atoms with Crippen molar-refractivity contribution in [2.24, 2.45) is 5.92 Å². The van der Waals surface area contributed by atoms with E-state index >= 15 is 0 Å². The fourth-order valence-electron chi connectivity index (χ4n) is 2.09. The third kappa shape index (κ3) is 2.01. The molecule has 0 aromatic rings. The van der Waals surface area contributed by atoms with E-state index in [1.54, 1.807) is 6.92 Å². The first-order valence-electron chi connectivity index (χ1n) is 4.98. The maximum atomic E-state index is 14.4. The zero-order valence-corrected chi connectivity index (χ0v) is 8.70. The molecule has 2 atom stereocenters. The second-order valence-electron chi connectivity index (χ2n) is 4.36. The summed E-state index contributed by atoms with van der Waals surface area (Å²) in [5.41, 5.74) is 0.492. The van der Waals surface area contributed by atoms with E-state index in [9.17, 15) is 4.39 Å². The van der Waals surface area contributed by atoms with Crippen molar-refractivity contribution in [1.82, 2.24) is 0 Å². The van der Waals surface area contributed by atoms with E-state index in [0.29, 0.717) is 12.0 Å². The molecule has 2 unspecified atom stereocenters. The lowest BCUT2D eigenvalue weighted by atomic mass is 9.81. The Bertz CT molecular complexity index is 229. The van der Waals surface area contributed by atoms with Gasteiger partial charge in [-0.15, -0.1) is 0 Å². The van der Waals surface area contributed by atoms with Crippen LogP contribution in [0.5, 0.6) is 0 Å². The zero-order valence-electron chi connectivity index (χ0n) is 8.70. The Kier molecular flexibility index (Phi) is 2.94. The molecule has 0 aliphatic heterocycles. The van der Waals surface area contributed by atoms with Crippen LogP contribution in [-0.2, 0) is 0 Å². The third-order valence-electron chi connectivity index (χ3n) is 3.17. The number of alkyl halides is 1. The van der Waals surface area contributed by atoms with Gasteiger partial charge in [-0.3, -0.25) is 0 Å². The molecule has 0 aromatic heterocycles. The van der Waals surface area contributed by atoms with Crippen molar-refractivity contribution in [3.63, 3.8) is 0 Å². The number of hydrogen-bond acceptors (Lipinski definition) is 0. The summed E-state index contributed by atoms with van der Waals surface area (Å²) in [6.45, 7) is 11.4. The van der Waals surface area contributed by atoms with Crippen molar-refractivity contribution in [2.45, 2.75) is 45.2 Å². The number of allylic oxidation sites excluding steroid dienone is 2. The molecule has 1 saturated carbocycles. The first-order valence-corrected chi connectivity index (χ1v) is 4.98. The number of hydrogen-bond donors (Lipinski definition) is 0. The highest BCUT2D eigenvalue weighted by atomic mass is 19.1. The fraction of sp³-hybridized carbons (Fsp3) is 0.667. The minimum atomic E-state index is -1.20. The molecule has 1 aliphatic carbocycles. The maximum Gasteiger partial charge on any atom is 0.137 e. The third-order valence-corrected chi connectivity index (χ3v) is 3.17. The first kappa shape index (κ1) is 10.5. The lowest BCUT2D eigenvalue weighted by Crippen LogP contribution is -2.31. The van der Waals surface area contributed by atoms with E-state index in [2.05, 4.69) is 13.2 Å². The standard InChI is InChI=1S/C12H19F/c1-9(2)12(13)8-10(3)6-5-7-11(12)4/h11H,1,3,5-8H2,2,4H3. The van der Waals surface area contributed by atoms with Gasteiger partial charge in [0.2, 0.25) is 0 Å². The normalized spacial score (nSPS) is 35.6. The Labute approximate surface area is 80.5 Å². The van der Waals surface area contributed by atoms with Crippen LogP contribution in [-0.4, -0.2) is 5.67 Å². The van der Waals surface area contributed by atoms with Gasteiger partial charge in [0.25, 0.3) is 0 Å². The van der Waals surface area contributed by atoms with Gasteiger partial charge in [-0.25, -0.2) is 4.39 Å². The summed E-state index contributed by atoms with van der Waals surface area (Å²) in [5.74, 6) is 0.0873. The second-order valence-corrected chi connectivity index (χ2v) is 4.36. The molecule has 0 heterocycles. The summed E-state index contributed by atoms with van der Waals surface area (Å²) in [6.07, 6.45) is 3.47. The Morgan fingerprint density at radius 1 is 1.62 bits per heavy atom. The maximum absolute atomic E-state index is 14.4. The van der Waals surface area contributed by atoms with Gasteiger partial charge in [0.15, 0.2) is 0 Å². The lowest BCUT2D eigenvalue weighted by molar-refractivity contribution is 0.134. The Morgan fingerprint density at radius 3 is 2.77 bits per heavy atom. The van der Waals surface area contributed by atoms with Crippen molar-refractivity contribution in [3.05, 3.63) is 24.3 Å². The van der Waals surface area contributed by atoms with Crippen molar-refractivity contribution >= 4 is 0 Å². The molecule has 13 heavy (non-hydrogen) atoms. The predicted octanol–water partition coefficient (Wildman–Crippen LogP) is 4.04. The molecule has 0 amide bonds. The molecule has 1 heteroatoms.